The second-order valence-corrected chi connectivity index (χ2v) is 2.93. The van der Waals surface area contributed by atoms with Crippen molar-refractivity contribution in [2.75, 3.05) is 0 Å². The molecular weight excluding hydrogens is 162 g/mol. The molecule has 0 spiro atoms. The van der Waals surface area contributed by atoms with Crippen LogP contribution in [0.15, 0.2) is 30.6 Å². The molecule has 68 valence electrons. The highest BCUT2D eigenvalue weighted by Crippen LogP contribution is 2.01. The molecule has 0 aromatic carbocycles. The standard InChI is InChI=1S/C11H13NO/c1-10(13)5-2-3-6-11-7-4-8-12-9-11/h3-4,6-9H,2,5H2,1H3/b6-3+. The summed E-state index contributed by atoms with van der Waals surface area (Å²) in [4.78, 5) is 14.6. The van der Waals surface area contributed by atoms with Crippen LogP contribution in [-0.2, 0) is 4.79 Å². The molecule has 1 aromatic heterocycles. The topological polar surface area (TPSA) is 30.0 Å². The third kappa shape index (κ3) is 4.21. The van der Waals surface area contributed by atoms with Crippen molar-refractivity contribution >= 4 is 11.9 Å². The van der Waals surface area contributed by atoms with Crippen molar-refractivity contribution in [2.24, 2.45) is 0 Å². The van der Waals surface area contributed by atoms with Gasteiger partial charge in [-0.3, -0.25) is 4.98 Å². The van der Waals surface area contributed by atoms with Crippen molar-refractivity contribution in [1.29, 1.82) is 0 Å². The van der Waals surface area contributed by atoms with E-state index in [2.05, 4.69) is 4.98 Å². The van der Waals surface area contributed by atoms with Gasteiger partial charge in [0.1, 0.15) is 5.78 Å². The zero-order chi connectivity index (χ0) is 9.52. The van der Waals surface area contributed by atoms with Crippen molar-refractivity contribution in [3.05, 3.63) is 36.2 Å². The molecule has 0 aliphatic carbocycles. The van der Waals surface area contributed by atoms with E-state index < -0.39 is 0 Å². The van der Waals surface area contributed by atoms with Crippen molar-refractivity contribution in [3.63, 3.8) is 0 Å². The van der Waals surface area contributed by atoms with Gasteiger partial charge in [0.2, 0.25) is 0 Å². The lowest BCUT2D eigenvalue weighted by atomic mass is 10.2. The Morgan fingerprint density at radius 1 is 1.62 bits per heavy atom. The third-order valence-electron chi connectivity index (χ3n) is 1.66. The Hall–Kier alpha value is -1.44. The van der Waals surface area contributed by atoms with E-state index in [1.54, 1.807) is 19.3 Å². The van der Waals surface area contributed by atoms with Gasteiger partial charge in [-0.15, -0.1) is 0 Å². The minimum absolute atomic E-state index is 0.232. The smallest absolute Gasteiger partial charge is 0.130 e. The van der Waals surface area contributed by atoms with Gasteiger partial charge in [0.25, 0.3) is 0 Å². The summed E-state index contributed by atoms with van der Waals surface area (Å²) in [5.41, 5.74) is 1.08. The number of Topliss-reactive ketones (excluding diaryl/α,β-unsaturated/α-hetero) is 1. The fourth-order valence-electron chi connectivity index (χ4n) is 0.981. The fraction of sp³-hybridized carbons (Fsp3) is 0.273. The van der Waals surface area contributed by atoms with Crippen LogP contribution in [0.2, 0.25) is 0 Å². The number of rotatable bonds is 4. The molecule has 0 fully saturated rings. The van der Waals surface area contributed by atoms with Crippen molar-refractivity contribution in [2.45, 2.75) is 19.8 Å². The molecule has 1 rings (SSSR count). The van der Waals surface area contributed by atoms with Gasteiger partial charge in [0.15, 0.2) is 0 Å². The van der Waals surface area contributed by atoms with Crippen molar-refractivity contribution in [3.8, 4) is 0 Å². The zero-order valence-corrected chi connectivity index (χ0v) is 7.73. The number of hydrogen-bond donors (Lipinski definition) is 0. The Morgan fingerprint density at radius 3 is 3.08 bits per heavy atom. The Bertz CT molecular complexity index is 290. The summed E-state index contributed by atoms with van der Waals surface area (Å²) in [5, 5.41) is 0. The van der Waals surface area contributed by atoms with E-state index in [9.17, 15) is 4.79 Å². The second kappa shape index (κ2) is 5.25. The van der Waals surface area contributed by atoms with E-state index in [4.69, 9.17) is 0 Å². The molecule has 2 nitrogen and oxygen atoms in total. The Labute approximate surface area is 78.3 Å². The summed E-state index contributed by atoms with van der Waals surface area (Å²) in [7, 11) is 0. The van der Waals surface area contributed by atoms with Gasteiger partial charge in [-0.1, -0.05) is 18.2 Å². The van der Waals surface area contributed by atoms with E-state index in [0.29, 0.717) is 6.42 Å². The van der Waals surface area contributed by atoms with Gasteiger partial charge in [0, 0.05) is 18.8 Å². The molecule has 0 unspecified atom stereocenters. The van der Waals surface area contributed by atoms with Crippen LogP contribution in [0.25, 0.3) is 6.08 Å². The average molecular weight is 175 g/mol. The highest BCUT2D eigenvalue weighted by atomic mass is 16.1. The van der Waals surface area contributed by atoms with Crippen LogP contribution in [0.4, 0.5) is 0 Å². The minimum Gasteiger partial charge on any atom is -0.300 e. The van der Waals surface area contributed by atoms with E-state index in [1.165, 1.54) is 0 Å². The Kier molecular flexibility index (Phi) is 3.89. The molecule has 0 aliphatic rings. The van der Waals surface area contributed by atoms with Crippen molar-refractivity contribution in [1.82, 2.24) is 4.98 Å². The largest absolute Gasteiger partial charge is 0.300 e. The minimum atomic E-state index is 0.232. The predicted octanol–water partition coefficient (Wildman–Crippen LogP) is 2.46. The average Bonchev–Trinajstić information content (AvgIpc) is 2.14. The molecule has 0 N–H and O–H groups in total. The molecule has 0 saturated carbocycles. The van der Waals surface area contributed by atoms with Crippen LogP contribution in [-0.4, -0.2) is 10.8 Å². The summed E-state index contributed by atoms with van der Waals surface area (Å²) in [6.45, 7) is 1.61. The van der Waals surface area contributed by atoms with E-state index in [1.807, 2.05) is 24.3 Å². The van der Waals surface area contributed by atoms with Gasteiger partial charge in [0.05, 0.1) is 0 Å². The number of pyridine rings is 1. The first-order valence-electron chi connectivity index (χ1n) is 4.35. The molecule has 0 aliphatic heterocycles. The predicted molar refractivity (Wildman–Crippen MR) is 53.2 cm³/mol. The molecule has 0 amide bonds. The fourth-order valence-corrected chi connectivity index (χ4v) is 0.981. The maximum Gasteiger partial charge on any atom is 0.130 e. The molecule has 0 atom stereocenters. The lowest BCUT2D eigenvalue weighted by Gasteiger charge is -1.90. The second-order valence-electron chi connectivity index (χ2n) is 2.93. The highest BCUT2D eigenvalue weighted by molar-refractivity contribution is 5.75. The molecule has 0 bridgehead atoms. The number of carbonyl (C=O) groups excluding carboxylic acids is 1. The van der Waals surface area contributed by atoms with Gasteiger partial charge in [-0.2, -0.15) is 0 Å². The first kappa shape index (κ1) is 9.65. The third-order valence-corrected chi connectivity index (χ3v) is 1.66. The van der Waals surface area contributed by atoms with Crippen LogP contribution in [0, 0.1) is 0 Å². The summed E-state index contributed by atoms with van der Waals surface area (Å²) >= 11 is 0. The molecule has 2 heteroatoms. The number of hydrogen-bond acceptors (Lipinski definition) is 2. The normalized spacial score (nSPS) is 10.5. The summed E-state index contributed by atoms with van der Waals surface area (Å²) < 4.78 is 0. The van der Waals surface area contributed by atoms with Crippen LogP contribution >= 0.6 is 0 Å². The van der Waals surface area contributed by atoms with Gasteiger partial charge in [-0.05, 0) is 25.0 Å². The Balaban J connectivity index is 2.37. The molecule has 0 radical (unpaired) electrons. The number of nitrogens with zero attached hydrogens (tertiary/aromatic N) is 1. The number of carbonyl (C=O) groups is 1. The number of allylic oxidation sites excluding steroid dienone is 1. The lowest BCUT2D eigenvalue weighted by molar-refractivity contribution is -0.116. The van der Waals surface area contributed by atoms with E-state index in [0.717, 1.165) is 12.0 Å². The van der Waals surface area contributed by atoms with Crippen LogP contribution in [0.5, 0.6) is 0 Å². The molecular formula is C11H13NO. The first-order valence-corrected chi connectivity index (χ1v) is 4.35. The Morgan fingerprint density at radius 2 is 2.46 bits per heavy atom. The van der Waals surface area contributed by atoms with Crippen LogP contribution in [0.3, 0.4) is 0 Å². The highest BCUT2D eigenvalue weighted by Gasteiger charge is 1.88. The quantitative estimate of drug-likeness (QED) is 0.703. The van der Waals surface area contributed by atoms with E-state index in [-0.39, 0.29) is 5.78 Å². The van der Waals surface area contributed by atoms with Crippen molar-refractivity contribution < 1.29 is 4.79 Å². The summed E-state index contributed by atoms with van der Waals surface area (Å²) in [6.07, 6.45) is 8.95. The molecule has 13 heavy (non-hydrogen) atoms. The monoisotopic (exact) mass is 175 g/mol. The zero-order valence-electron chi connectivity index (χ0n) is 7.73. The van der Waals surface area contributed by atoms with Gasteiger partial charge >= 0.3 is 0 Å². The summed E-state index contributed by atoms with van der Waals surface area (Å²) in [5.74, 6) is 0.232. The maximum absolute atomic E-state index is 10.6. The van der Waals surface area contributed by atoms with Crippen LogP contribution in [0.1, 0.15) is 25.3 Å². The lowest BCUT2D eigenvalue weighted by Crippen LogP contribution is -1.86. The molecule has 1 aromatic rings. The summed E-state index contributed by atoms with van der Waals surface area (Å²) in [6, 6.07) is 3.88. The maximum atomic E-state index is 10.6. The molecule has 1 heterocycles. The SMILES string of the molecule is CC(=O)CC/C=C/c1cccnc1. The van der Waals surface area contributed by atoms with Gasteiger partial charge in [-0.25, -0.2) is 0 Å². The van der Waals surface area contributed by atoms with E-state index >= 15 is 0 Å². The number of ketones is 1. The number of aromatic nitrogens is 1. The van der Waals surface area contributed by atoms with Crippen LogP contribution < -0.4 is 0 Å². The molecule has 0 saturated heterocycles. The first-order chi connectivity index (χ1) is 6.29. The van der Waals surface area contributed by atoms with Gasteiger partial charge < -0.3 is 4.79 Å².